The summed E-state index contributed by atoms with van der Waals surface area (Å²) in [6.07, 6.45) is 2.20. The minimum atomic E-state index is -0.158. The van der Waals surface area contributed by atoms with Crippen LogP contribution in [0.25, 0.3) is 16.6 Å². The SMILES string of the molecule is CC1CCCN(C(=O)CSc2nc3ccccc3c(=O)n2-c2ccc(Oc3ccccc3)cc2)C1. The van der Waals surface area contributed by atoms with Crippen LogP contribution in [-0.2, 0) is 4.79 Å². The summed E-state index contributed by atoms with van der Waals surface area (Å²) in [7, 11) is 0. The molecule has 1 fully saturated rings. The average molecular weight is 486 g/mol. The van der Waals surface area contributed by atoms with Crippen LogP contribution < -0.4 is 10.3 Å². The van der Waals surface area contributed by atoms with Crippen molar-refractivity contribution in [3.8, 4) is 17.2 Å². The van der Waals surface area contributed by atoms with E-state index in [4.69, 9.17) is 9.72 Å². The maximum absolute atomic E-state index is 13.5. The zero-order chi connectivity index (χ0) is 24.2. The van der Waals surface area contributed by atoms with Crippen LogP contribution in [-0.4, -0.2) is 39.2 Å². The standard InChI is InChI=1S/C28H27N3O3S/c1-20-8-7-17-30(18-20)26(32)19-35-28-29-25-12-6-5-11-24(25)27(33)31(28)21-13-15-23(16-14-21)34-22-9-3-2-4-10-22/h2-6,9-16,20H,7-8,17-19H2,1H3. The minimum absolute atomic E-state index is 0.0853. The number of hydrogen-bond acceptors (Lipinski definition) is 5. The Hall–Kier alpha value is -3.58. The Morgan fingerprint density at radius 2 is 1.71 bits per heavy atom. The monoisotopic (exact) mass is 485 g/mol. The van der Waals surface area contributed by atoms with Crippen LogP contribution >= 0.6 is 11.8 Å². The molecule has 1 amide bonds. The largest absolute Gasteiger partial charge is 0.457 e. The predicted molar refractivity (Wildman–Crippen MR) is 140 cm³/mol. The van der Waals surface area contributed by atoms with E-state index in [-0.39, 0.29) is 17.2 Å². The van der Waals surface area contributed by atoms with E-state index < -0.39 is 0 Å². The Balaban J connectivity index is 1.44. The van der Waals surface area contributed by atoms with Crippen LogP contribution in [0.2, 0.25) is 0 Å². The summed E-state index contributed by atoms with van der Waals surface area (Å²) in [6, 6.07) is 24.2. The van der Waals surface area contributed by atoms with Crippen molar-refractivity contribution >= 4 is 28.6 Å². The molecule has 4 aromatic rings. The molecule has 35 heavy (non-hydrogen) atoms. The molecule has 1 aliphatic heterocycles. The number of thioether (sulfide) groups is 1. The first kappa shape index (κ1) is 23.2. The minimum Gasteiger partial charge on any atom is -0.457 e. The zero-order valence-corrected chi connectivity index (χ0v) is 20.4. The highest BCUT2D eigenvalue weighted by Crippen LogP contribution is 2.26. The number of amides is 1. The number of ether oxygens (including phenoxy) is 1. The second kappa shape index (κ2) is 10.4. The van der Waals surface area contributed by atoms with Crippen molar-refractivity contribution in [1.29, 1.82) is 0 Å². The number of piperidine rings is 1. The topological polar surface area (TPSA) is 64.4 Å². The number of fused-ring (bicyclic) bond motifs is 1. The van der Waals surface area contributed by atoms with Crippen LogP contribution in [0.3, 0.4) is 0 Å². The number of benzene rings is 3. The van der Waals surface area contributed by atoms with Crippen LogP contribution in [0, 0.1) is 5.92 Å². The van der Waals surface area contributed by atoms with Crippen LogP contribution in [0.1, 0.15) is 19.8 Å². The van der Waals surface area contributed by atoms with Gasteiger partial charge in [0, 0.05) is 13.1 Å². The van der Waals surface area contributed by atoms with Crippen LogP contribution in [0.15, 0.2) is 88.8 Å². The Morgan fingerprint density at radius 1 is 1.00 bits per heavy atom. The van der Waals surface area contributed by atoms with Crippen molar-refractivity contribution in [2.75, 3.05) is 18.8 Å². The molecule has 1 aliphatic rings. The lowest BCUT2D eigenvalue weighted by molar-refractivity contribution is -0.130. The van der Waals surface area contributed by atoms with Crippen LogP contribution in [0.4, 0.5) is 0 Å². The lowest BCUT2D eigenvalue weighted by Crippen LogP contribution is -2.40. The smallest absolute Gasteiger partial charge is 0.266 e. The number of nitrogens with zero attached hydrogens (tertiary/aromatic N) is 3. The van der Waals surface area contributed by atoms with E-state index in [1.807, 2.05) is 77.7 Å². The van der Waals surface area contributed by atoms with Crippen molar-refractivity contribution in [3.05, 3.63) is 89.2 Å². The molecular weight excluding hydrogens is 458 g/mol. The molecule has 0 N–H and O–H groups in total. The van der Waals surface area contributed by atoms with Gasteiger partial charge in [-0.05, 0) is 67.3 Å². The fourth-order valence-corrected chi connectivity index (χ4v) is 5.27. The number of carbonyl (C=O) groups is 1. The molecule has 0 radical (unpaired) electrons. The van der Waals surface area contributed by atoms with Gasteiger partial charge in [-0.2, -0.15) is 0 Å². The van der Waals surface area contributed by atoms with E-state index in [0.717, 1.165) is 31.7 Å². The van der Waals surface area contributed by atoms with Gasteiger partial charge < -0.3 is 9.64 Å². The first-order valence-electron chi connectivity index (χ1n) is 11.8. The molecule has 1 saturated heterocycles. The van der Waals surface area contributed by atoms with Gasteiger partial charge in [0.15, 0.2) is 5.16 Å². The molecular formula is C28H27N3O3S. The predicted octanol–water partition coefficient (Wildman–Crippen LogP) is 5.53. The van der Waals surface area contributed by atoms with Gasteiger partial charge in [0.25, 0.3) is 5.56 Å². The van der Waals surface area contributed by atoms with Gasteiger partial charge in [-0.3, -0.25) is 14.2 Å². The molecule has 0 spiro atoms. The summed E-state index contributed by atoms with van der Waals surface area (Å²) in [6.45, 7) is 3.77. The normalized spacial score (nSPS) is 15.8. The second-order valence-electron chi connectivity index (χ2n) is 8.84. The quantitative estimate of drug-likeness (QED) is 0.265. The number of rotatable bonds is 6. The first-order chi connectivity index (χ1) is 17.1. The molecule has 1 aromatic heterocycles. The zero-order valence-electron chi connectivity index (χ0n) is 19.6. The van der Waals surface area contributed by atoms with Crippen molar-refractivity contribution < 1.29 is 9.53 Å². The third kappa shape index (κ3) is 5.25. The molecule has 0 bridgehead atoms. The highest BCUT2D eigenvalue weighted by atomic mass is 32.2. The van der Waals surface area contributed by atoms with E-state index in [0.29, 0.717) is 33.4 Å². The highest BCUT2D eigenvalue weighted by Gasteiger charge is 2.22. The van der Waals surface area contributed by atoms with Gasteiger partial charge in [0.05, 0.1) is 22.3 Å². The Morgan fingerprint density at radius 3 is 2.49 bits per heavy atom. The van der Waals surface area contributed by atoms with E-state index >= 15 is 0 Å². The maximum Gasteiger partial charge on any atom is 0.266 e. The Labute approximate surface area is 208 Å². The number of para-hydroxylation sites is 2. The molecule has 5 rings (SSSR count). The summed E-state index contributed by atoms with van der Waals surface area (Å²) in [5.41, 5.74) is 1.14. The summed E-state index contributed by atoms with van der Waals surface area (Å²) in [4.78, 5) is 33.1. The highest BCUT2D eigenvalue weighted by molar-refractivity contribution is 7.99. The molecule has 0 saturated carbocycles. The molecule has 178 valence electrons. The van der Waals surface area contributed by atoms with Gasteiger partial charge >= 0.3 is 0 Å². The van der Waals surface area contributed by atoms with Gasteiger partial charge in [0.1, 0.15) is 11.5 Å². The number of aromatic nitrogens is 2. The van der Waals surface area contributed by atoms with E-state index in [1.165, 1.54) is 11.8 Å². The lowest BCUT2D eigenvalue weighted by atomic mass is 10.0. The summed E-state index contributed by atoms with van der Waals surface area (Å²) < 4.78 is 7.49. The fraction of sp³-hybridized carbons (Fsp3) is 0.250. The van der Waals surface area contributed by atoms with Gasteiger partial charge in [-0.25, -0.2) is 4.98 Å². The van der Waals surface area contributed by atoms with Gasteiger partial charge in [-0.15, -0.1) is 0 Å². The van der Waals surface area contributed by atoms with Crippen molar-refractivity contribution in [3.63, 3.8) is 0 Å². The molecule has 1 unspecified atom stereocenters. The van der Waals surface area contributed by atoms with Crippen molar-refractivity contribution in [1.82, 2.24) is 14.5 Å². The number of likely N-dealkylation sites (tertiary alicyclic amines) is 1. The van der Waals surface area contributed by atoms with E-state index in [2.05, 4.69) is 6.92 Å². The molecule has 2 heterocycles. The third-order valence-corrected chi connectivity index (χ3v) is 7.08. The number of carbonyl (C=O) groups excluding carboxylic acids is 1. The first-order valence-corrected chi connectivity index (χ1v) is 12.8. The van der Waals surface area contributed by atoms with Gasteiger partial charge in [0.2, 0.25) is 5.91 Å². The maximum atomic E-state index is 13.5. The molecule has 3 aromatic carbocycles. The fourth-order valence-electron chi connectivity index (χ4n) is 4.36. The average Bonchev–Trinajstić information content (AvgIpc) is 2.89. The molecule has 0 aliphatic carbocycles. The molecule has 6 nitrogen and oxygen atoms in total. The van der Waals surface area contributed by atoms with E-state index in [1.54, 1.807) is 10.6 Å². The van der Waals surface area contributed by atoms with Crippen molar-refractivity contribution in [2.24, 2.45) is 5.92 Å². The molecule has 1 atom stereocenters. The van der Waals surface area contributed by atoms with Crippen LogP contribution in [0.5, 0.6) is 11.5 Å². The van der Waals surface area contributed by atoms with E-state index in [9.17, 15) is 9.59 Å². The summed E-state index contributed by atoms with van der Waals surface area (Å²) in [5.74, 6) is 2.26. The molecule has 7 heteroatoms. The number of hydrogen-bond donors (Lipinski definition) is 0. The third-order valence-electron chi connectivity index (χ3n) is 6.15. The second-order valence-corrected chi connectivity index (χ2v) is 9.78. The lowest BCUT2D eigenvalue weighted by Gasteiger charge is -2.30. The van der Waals surface area contributed by atoms with Crippen molar-refractivity contribution in [2.45, 2.75) is 24.9 Å². The Kier molecular flexibility index (Phi) is 6.86. The summed E-state index contributed by atoms with van der Waals surface area (Å²) in [5, 5.41) is 1.04. The Bertz CT molecular complexity index is 1390. The summed E-state index contributed by atoms with van der Waals surface area (Å²) >= 11 is 1.31. The van der Waals surface area contributed by atoms with Gasteiger partial charge in [-0.1, -0.05) is 49.0 Å².